The number of anilines is 1. The molecular formula is C14H11BrN2O4. The van der Waals surface area contributed by atoms with Crippen molar-refractivity contribution in [2.24, 2.45) is 0 Å². The molecule has 108 valence electrons. The van der Waals surface area contributed by atoms with Crippen LogP contribution in [0.2, 0.25) is 0 Å². The predicted octanol–water partition coefficient (Wildman–Crippen LogP) is 2.80. The van der Waals surface area contributed by atoms with E-state index in [1.807, 2.05) is 0 Å². The SMILES string of the molecule is COc1ccc(NC(=O)c2ccc(Br)cn2)c(C(=O)O)c1. The second kappa shape index (κ2) is 6.36. The average Bonchev–Trinajstić information content (AvgIpc) is 2.48. The first-order valence-electron chi connectivity index (χ1n) is 5.85. The Kier molecular flexibility index (Phi) is 4.54. The summed E-state index contributed by atoms with van der Waals surface area (Å²) in [5.74, 6) is -1.25. The zero-order valence-electron chi connectivity index (χ0n) is 11.0. The minimum absolute atomic E-state index is 0.0557. The lowest BCUT2D eigenvalue weighted by molar-refractivity contribution is 0.0697. The van der Waals surface area contributed by atoms with Gasteiger partial charge in [-0.15, -0.1) is 0 Å². The molecule has 0 saturated carbocycles. The molecule has 0 fully saturated rings. The maximum atomic E-state index is 12.0. The molecule has 0 bridgehead atoms. The van der Waals surface area contributed by atoms with Gasteiger partial charge in [-0.05, 0) is 46.3 Å². The number of carbonyl (C=O) groups excluding carboxylic acids is 1. The highest BCUT2D eigenvalue weighted by atomic mass is 79.9. The first kappa shape index (κ1) is 15.0. The van der Waals surface area contributed by atoms with Gasteiger partial charge in [0, 0.05) is 10.7 Å². The Balaban J connectivity index is 2.28. The first-order valence-corrected chi connectivity index (χ1v) is 6.65. The first-order chi connectivity index (χ1) is 10.0. The number of nitrogens with zero attached hydrogens (tertiary/aromatic N) is 1. The predicted molar refractivity (Wildman–Crippen MR) is 79.8 cm³/mol. The van der Waals surface area contributed by atoms with Gasteiger partial charge in [-0.3, -0.25) is 4.79 Å². The molecule has 1 heterocycles. The number of rotatable bonds is 4. The second-order valence-corrected chi connectivity index (χ2v) is 4.95. The van der Waals surface area contributed by atoms with Gasteiger partial charge >= 0.3 is 5.97 Å². The lowest BCUT2D eigenvalue weighted by atomic mass is 10.1. The molecule has 0 aliphatic rings. The Bertz CT molecular complexity index is 686. The van der Waals surface area contributed by atoms with Gasteiger partial charge in [0.2, 0.25) is 0 Å². The number of aromatic carboxylic acids is 1. The fourth-order valence-corrected chi connectivity index (χ4v) is 1.87. The van der Waals surface area contributed by atoms with Crippen LogP contribution >= 0.6 is 15.9 Å². The highest BCUT2D eigenvalue weighted by Gasteiger charge is 2.15. The molecular weight excluding hydrogens is 340 g/mol. The summed E-state index contributed by atoms with van der Waals surface area (Å²) in [5, 5.41) is 11.7. The van der Waals surface area contributed by atoms with Crippen molar-refractivity contribution in [1.29, 1.82) is 0 Å². The number of hydrogen-bond donors (Lipinski definition) is 2. The molecule has 0 aliphatic heterocycles. The van der Waals surface area contributed by atoms with Crippen LogP contribution in [0, 0.1) is 0 Å². The van der Waals surface area contributed by atoms with Gasteiger partial charge < -0.3 is 15.2 Å². The van der Waals surface area contributed by atoms with Gasteiger partial charge in [0.25, 0.3) is 5.91 Å². The van der Waals surface area contributed by atoms with Crippen molar-refractivity contribution in [1.82, 2.24) is 4.98 Å². The number of carboxylic acids is 1. The van der Waals surface area contributed by atoms with Crippen molar-refractivity contribution in [2.45, 2.75) is 0 Å². The summed E-state index contributed by atoms with van der Waals surface area (Å²) in [6.07, 6.45) is 1.49. The highest BCUT2D eigenvalue weighted by Crippen LogP contribution is 2.22. The van der Waals surface area contributed by atoms with Crippen LogP contribution in [0.3, 0.4) is 0 Å². The molecule has 7 heteroatoms. The van der Waals surface area contributed by atoms with E-state index in [0.29, 0.717) is 5.75 Å². The van der Waals surface area contributed by atoms with Gasteiger partial charge in [0.1, 0.15) is 11.4 Å². The summed E-state index contributed by atoms with van der Waals surface area (Å²) in [7, 11) is 1.44. The number of benzene rings is 1. The molecule has 0 spiro atoms. The number of nitrogens with one attached hydrogen (secondary N) is 1. The van der Waals surface area contributed by atoms with Gasteiger partial charge in [0.05, 0.1) is 18.4 Å². The third-order valence-corrected chi connectivity index (χ3v) is 3.13. The number of aromatic nitrogens is 1. The van der Waals surface area contributed by atoms with Crippen LogP contribution in [0.1, 0.15) is 20.8 Å². The van der Waals surface area contributed by atoms with E-state index in [0.717, 1.165) is 4.47 Å². The largest absolute Gasteiger partial charge is 0.497 e. The number of methoxy groups -OCH3 is 1. The lowest BCUT2D eigenvalue weighted by Gasteiger charge is -2.09. The van der Waals surface area contributed by atoms with Gasteiger partial charge in [0.15, 0.2) is 0 Å². The van der Waals surface area contributed by atoms with Crippen molar-refractivity contribution in [2.75, 3.05) is 12.4 Å². The van der Waals surface area contributed by atoms with Crippen molar-refractivity contribution in [3.05, 3.63) is 52.3 Å². The van der Waals surface area contributed by atoms with E-state index in [4.69, 9.17) is 4.74 Å². The molecule has 1 aromatic heterocycles. The number of ether oxygens (including phenoxy) is 1. The Hall–Kier alpha value is -2.41. The molecule has 0 unspecified atom stereocenters. The number of amides is 1. The molecule has 2 aromatic rings. The maximum absolute atomic E-state index is 12.0. The number of carboxylic acid groups (broad SMARTS) is 1. The van der Waals surface area contributed by atoms with Crippen molar-refractivity contribution in [3.8, 4) is 5.75 Å². The Morgan fingerprint density at radius 2 is 2.05 bits per heavy atom. The van der Waals surface area contributed by atoms with Crippen LogP contribution in [-0.4, -0.2) is 29.1 Å². The summed E-state index contributed by atoms with van der Waals surface area (Å²) < 4.78 is 5.71. The van der Waals surface area contributed by atoms with Crippen LogP contribution in [0.4, 0.5) is 5.69 Å². The van der Waals surface area contributed by atoms with E-state index < -0.39 is 11.9 Å². The minimum Gasteiger partial charge on any atom is -0.497 e. The molecule has 0 aliphatic carbocycles. The molecule has 0 saturated heterocycles. The molecule has 2 rings (SSSR count). The van der Waals surface area contributed by atoms with Crippen LogP contribution < -0.4 is 10.1 Å². The maximum Gasteiger partial charge on any atom is 0.337 e. The van der Waals surface area contributed by atoms with Crippen molar-refractivity contribution < 1.29 is 19.4 Å². The average molecular weight is 351 g/mol. The third kappa shape index (κ3) is 3.57. The zero-order valence-corrected chi connectivity index (χ0v) is 12.5. The van der Waals surface area contributed by atoms with Gasteiger partial charge in [-0.2, -0.15) is 0 Å². The van der Waals surface area contributed by atoms with Crippen LogP contribution in [0.25, 0.3) is 0 Å². The zero-order chi connectivity index (χ0) is 15.4. The summed E-state index contributed by atoms with van der Waals surface area (Å²) in [4.78, 5) is 27.2. The molecule has 1 amide bonds. The molecule has 1 aromatic carbocycles. The normalized spacial score (nSPS) is 10.0. The van der Waals surface area contributed by atoms with Crippen LogP contribution in [0.5, 0.6) is 5.75 Å². The second-order valence-electron chi connectivity index (χ2n) is 4.03. The molecule has 0 radical (unpaired) electrons. The van der Waals surface area contributed by atoms with Gasteiger partial charge in [-0.25, -0.2) is 9.78 Å². The number of hydrogen-bond acceptors (Lipinski definition) is 4. The molecule has 6 nitrogen and oxygen atoms in total. The van der Waals surface area contributed by atoms with Gasteiger partial charge in [-0.1, -0.05) is 0 Å². The van der Waals surface area contributed by atoms with Crippen LogP contribution in [-0.2, 0) is 0 Å². The highest BCUT2D eigenvalue weighted by molar-refractivity contribution is 9.10. The Morgan fingerprint density at radius 1 is 1.29 bits per heavy atom. The fraction of sp³-hybridized carbons (Fsp3) is 0.0714. The summed E-state index contributed by atoms with van der Waals surface area (Å²) >= 11 is 3.22. The van der Waals surface area contributed by atoms with E-state index >= 15 is 0 Å². The van der Waals surface area contributed by atoms with Crippen molar-refractivity contribution in [3.63, 3.8) is 0 Å². The van der Waals surface area contributed by atoms with Crippen molar-refractivity contribution >= 4 is 33.5 Å². The summed E-state index contributed by atoms with van der Waals surface area (Å²) in [5.41, 5.74) is 0.309. The fourth-order valence-electron chi connectivity index (χ4n) is 1.63. The Labute approximate surface area is 128 Å². The molecule has 0 atom stereocenters. The summed E-state index contributed by atoms with van der Waals surface area (Å²) in [6, 6.07) is 7.58. The number of halogens is 1. The topological polar surface area (TPSA) is 88.5 Å². The quantitative estimate of drug-likeness (QED) is 0.884. The monoisotopic (exact) mass is 350 g/mol. The standard InChI is InChI=1S/C14H11BrN2O4/c1-21-9-3-5-11(10(6-9)14(19)20)17-13(18)12-4-2-8(15)7-16-12/h2-7H,1H3,(H,17,18)(H,19,20). The lowest BCUT2D eigenvalue weighted by Crippen LogP contribution is -2.16. The number of pyridine rings is 1. The third-order valence-electron chi connectivity index (χ3n) is 2.67. The smallest absolute Gasteiger partial charge is 0.337 e. The van der Waals surface area contributed by atoms with E-state index in [9.17, 15) is 14.7 Å². The van der Waals surface area contributed by atoms with E-state index in [1.165, 1.54) is 31.5 Å². The minimum atomic E-state index is -1.16. The number of carbonyl (C=O) groups is 2. The van der Waals surface area contributed by atoms with E-state index in [-0.39, 0.29) is 16.9 Å². The Morgan fingerprint density at radius 3 is 2.62 bits per heavy atom. The van der Waals surface area contributed by atoms with Crippen LogP contribution in [0.15, 0.2) is 41.0 Å². The van der Waals surface area contributed by atoms with E-state index in [1.54, 1.807) is 12.1 Å². The summed E-state index contributed by atoms with van der Waals surface area (Å²) in [6.45, 7) is 0. The molecule has 21 heavy (non-hydrogen) atoms. The molecule has 2 N–H and O–H groups in total. The van der Waals surface area contributed by atoms with E-state index in [2.05, 4.69) is 26.2 Å².